The summed E-state index contributed by atoms with van der Waals surface area (Å²) in [6, 6.07) is 3.74. The van der Waals surface area contributed by atoms with E-state index in [2.05, 4.69) is 30.2 Å². The molecule has 0 aromatic carbocycles. The second-order valence-electron chi connectivity index (χ2n) is 9.96. The quantitative estimate of drug-likeness (QED) is 0.232. The number of aromatic amines is 1. The van der Waals surface area contributed by atoms with Crippen molar-refractivity contribution >= 4 is 23.2 Å². The molecule has 0 bridgehead atoms. The van der Waals surface area contributed by atoms with Gasteiger partial charge >= 0.3 is 0 Å². The van der Waals surface area contributed by atoms with Gasteiger partial charge in [0.2, 0.25) is 5.82 Å². The first-order valence-corrected chi connectivity index (χ1v) is 13.6. The third-order valence-electron chi connectivity index (χ3n) is 7.12. The number of rotatable bonds is 11. The van der Waals surface area contributed by atoms with E-state index in [0.29, 0.717) is 36.3 Å². The average Bonchev–Trinajstić information content (AvgIpc) is 3.74. The summed E-state index contributed by atoms with van der Waals surface area (Å²) in [6.45, 7) is 6.10. The second-order valence-corrected chi connectivity index (χ2v) is 9.96. The first-order valence-electron chi connectivity index (χ1n) is 13.6. The van der Waals surface area contributed by atoms with Gasteiger partial charge in [-0.1, -0.05) is 19.9 Å². The lowest BCUT2D eigenvalue weighted by molar-refractivity contribution is 0.0650. The van der Waals surface area contributed by atoms with E-state index in [1.54, 1.807) is 18.7 Å². The van der Waals surface area contributed by atoms with E-state index in [9.17, 15) is 9.59 Å². The summed E-state index contributed by atoms with van der Waals surface area (Å²) >= 11 is 0. The van der Waals surface area contributed by atoms with Gasteiger partial charge in [-0.15, -0.1) is 10.2 Å². The summed E-state index contributed by atoms with van der Waals surface area (Å²) in [7, 11) is 1.91. The Kier molecular flexibility index (Phi) is 7.86. The van der Waals surface area contributed by atoms with Crippen LogP contribution in [0.25, 0.3) is 28.2 Å². The molecule has 5 aromatic rings. The van der Waals surface area contributed by atoms with Crippen LogP contribution in [-0.4, -0.2) is 73.5 Å². The minimum Gasteiger partial charge on any atom is -0.383 e. The van der Waals surface area contributed by atoms with Gasteiger partial charge in [0, 0.05) is 43.2 Å². The molecule has 1 atom stereocenters. The molecule has 1 amide bonds. The number of hydrogen-bond donors (Lipinski definition) is 2. The summed E-state index contributed by atoms with van der Waals surface area (Å²) in [5.41, 5.74) is 11.0. The van der Waals surface area contributed by atoms with Crippen LogP contribution in [0.2, 0.25) is 0 Å². The molecule has 13 heteroatoms. The number of carbonyl (C=O) groups excluding carboxylic acids is 2. The zero-order valence-electron chi connectivity index (χ0n) is 23.6. The number of fused-ring (bicyclic) bond motifs is 1. The number of amides is 1. The normalized spacial score (nSPS) is 12.1. The molecule has 0 aliphatic carbocycles. The Hall–Kier alpha value is -4.94. The number of H-pyrrole nitrogens is 1. The second kappa shape index (κ2) is 11.7. The highest BCUT2D eigenvalue weighted by atomic mass is 16.2. The van der Waals surface area contributed by atoms with E-state index in [-0.39, 0.29) is 29.4 Å². The highest BCUT2D eigenvalue weighted by Gasteiger charge is 2.27. The van der Waals surface area contributed by atoms with Crippen molar-refractivity contribution in [3.63, 3.8) is 0 Å². The molecule has 0 spiro atoms. The predicted molar refractivity (Wildman–Crippen MR) is 153 cm³/mol. The van der Waals surface area contributed by atoms with Crippen LogP contribution in [0.3, 0.4) is 0 Å². The van der Waals surface area contributed by atoms with Crippen molar-refractivity contribution in [2.75, 3.05) is 12.3 Å². The number of aromatic nitrogens is 9. The number of nitrogen functional groups attached to an aromatic ring is 1. The number of anilines is 1. The molecule has 0 aliphatic heterocycles. The maximum Gasteiger partial charge on any atom is 0.291 e. The van der Waals surface area contributed by atoms with Gasteiger partial charge in [0.25, 0.3) is 5.91 Å². The fourth-order valence-electron chi connectivity index (χ4n) is 5.10. The number of carbonyl (C=O) groups is 2. The summed E-state index contributed by atoms with van der Waals surface area (Å²) in [5, 5.41) is 12.1. The smallest absolute Gasteiger partial charge is 0.291 e. The van der Waals surface area contributed by atoms with E-state index in [4.69, 9.17) is 10.7 Å². The number of nitrogens with one attached hydrogen (secondary N) is 1. The molecule has 0 aliphatic rings. The number of ketones is 1. The van der Waals surface area contributed by atoms with Crippen molar-refractivity contribution in [3.8, 4) is 22.5 Å². The lowest BCUT2D eigenvalue weighted by Gasteiger charge is -2.30. The Labute approximate surface area is 236 Å². The Morgan fingerprint density at radius 1 is 1.15 bits per heavy atom. The van der Waals surface area contributed by atoms with Crippen molar-refractivity contribution in [1.82, 2.24) is 49.2 Å². The molecule has 0 saturated heterocycles. The average molecular weight is 556 g/mol. The summed E-state index contributed by atoms with van der Waals surface area (Å²) in [5.74, 6) is 0.0434. The van der Waals surface area contributed by atoms with E-state index in [1.807, 2.05) is 48.7 Å². The first kappa shape index (κ1) is 27.6. The van der Waals surface area contributed by atoms with Gasteiger partial charge in [-0.05, 0) is 38.7 Å². The molecule has 0 unspecified atom stereocenters. The van der Waals surface area contributed by atoms with Gasteiger partial charge in [-0.25, -0.2) is 9.97 Å². The molecule has 41 heavy (non-hydrogen) atoms. The minimum atomic E-state index is -0.203. The zero-order valence-corrected chi connectivity index (χ0v) is 23.6. The molecule has 0 fully saturated rings. The molecule has 13 nitrogen and oxygen atoms in total. The van der Waals surface area contributed by atoms with Crippen molar-refractivity contribution in [1.29, 1.82) is 0 Å². The van der Waals surface area contributed by atoms with Gasteiger partial charge in [0.1, 0.15) is 17.8 Å². The molecule has 0 radical (unpaired) electrons. The SMILES string of the molecule is CCCN(C(=O)c1nnc[nH]1)[C@H](CC)CCc1nc2c(-c3ccc(-c4cn(C)cn4)nc3)cnn2c(N)c1C(C)=O. The molecular weight excluding hydrogens is 522 g/mol. The van der Waals surface area contributed by atoms with Gasteiger partial charge in [0.05, 0.1) is 29.5 Å². The van der Waals surface area contributed by atoms with Gasteiger partial charge < -0.3 is 20.2 Å². The molecular formula is C28H33N11O2. The maximum atomic E-state index is 13.2. The zero-order chi connectivity index (χ0) is 29.1. The molecule has 5 aromatic heterocycles. The van der Waals surface area contributed by atoms with Gasteiger partial charge in [0.15, 0.2) is 11.4 Å². The fraction of sp³-hybridized carbons (Fsp3) is 0.357. The molecule has 5 heterocycles. The van der Waals surface area contributed by atoms with Gasteiger partial charge in [-0.3, -0.25) is 14.6 Å². The van der Waals surface area contributed by atoms with Crippen LogP contribution in [0.1, 0.15) is 66.7 Å². The Morgan fingerprint density at radius 3 is 2.59 bits per heavy atom. The summed E-state index contributed by atoms with van der Waals surface area (Å²) < 4.78 is 3.36. The van der Waals surface area contributed by atoms with Crippen molar-refractivity contribution < 1.29 is 9.59 Å². The number of imidazole rings is 1. The highest BCUT2D eigenvalue weighted by Crippen LogP contribution is 2.29. The minimum absolute atomic E-state index is 0.0978. The highest BCUT2D eigenvalue weighted by molar-refractivity contribution is 6.00. The first-order chi connectivity index (χ1) is 19.8. The van der Waals surface area contributed by atoms with Crippen LogP contribution in [0.15, 0.2) is 43.4 Å². The largest absolute Gasteiger partial charge is 0.383 e. The number of nitrogens with two attached hydrogens (primary N) is 1. The van der Waals surface area contributed by atoms with E-state index < -0.39 is 0 Å². The lowest BCUT2D eigenvalue weighted by atomic mass is 10.0. The van der Waals surface area contributed by atoms with Crippen LogP contribution in [0.4, 0.5) is 5.82 Å². The lowest BCUT2D eigenvalue weighted by Crippen LogP contribution is -2.41. The van der Waals surface area contributed by atoms with Crippen molar-refractivity contribution in [3.05, 3.63) is 60.5 Å². The van der Waals surface area contributed by atoms with Crippen molar-refractivity contribution in [2.24, 2.45) is 7.05 Å². The number of nitrogens with zero attached hydrogens (tertiary/aromatic N) is 9. The fourth-order valence-corrected chi connectivity index (χ4v) is 5.10. The van der Waals surface area contributed by atoms with Crippen LogP contribution in [-0.2, 0) is 13.5 Å². The summed E-state index contributed by atoms with van der Waals surface area (Å²) in [4.78, 5) is 44.4. The molecule has 212 valence electrons. The van der Waals surface area contributed by atoms with E-state index in [1.165, 1.54) is 17.8 Å². The van der Waals surface area contributed by atoms with Crippen LogP contribution in [0.5, 0.6) is 0 Å². The van der Waals surface area contributed by atoms with Crippen LogP contribution >= 0.6 is 0 Å². The third kappa shape index (κ3) is 5.42. The van der Waals surface area contributed by atoms with Crippen LogP contribution < -0.4 is 5.73 Å². The van der Waals surface area contributed by atoms with Gasteiger partial charge in [-0.2, -0.15) is 9.61 Å². The molecule has 0 saturated carbocycles. The number of pyridine rings is 1. The predicted octanol–water partition coefficient (Wildman–Crippen LogP) is 3.36. The monoisotopic (exact) mass is 555 g/mol. The van der Waals surface area contributed by atoms with Crippen LogP contribution in [0, 0.1) is 0 Å². The van der Waals surface area contributed by atoms with Crippen molar-refractivity contribution in [2.45, 2.75) is 52.5 Å². The Morgan fingerprint density at radius 2 is 1.98 bits per heavy atom. The Balaban J connectivity index is 1.47. The number of Topliss-reactive ketones (excluding diaryl/α,β-unsaturated/α-hetero) is 1. The molecule has 5 rings (SSSR count). The standard InChI is InChI=1S/C28H33N11O2/c1-5-11-38(28(41)26-31-15-33-36-26)19(6-2)8-10-22-24(17(3)40)25(29)39-27(35-22)20(13-34-39)18-7-9-21(30-12-18)23-14-37(4)16-32-23/h7,9,12-16,19H,5-6,8,10-11,29H2,1-4H3,(H,31,33,36)/t19-/m1/s1. The maximum absolute atomic E-state index is 13.2. The third-order valence-corrected chi connectivity index (χ3v) is 7.12. The topological polar surface area (TPSA) is 166 Å². The number of aryl methyl sites for hydroxylation is 2. The molecule has 3 N–H and O–H groups in total. The van der Waals surface area contributed by atoms with E-state index >= 15 is 0 Å². The summed E-state index contributed by atoms with van der Waals surface area (Å²) in [6.07, 6.45) is 11.0. The Bertz CT molecular complexity index is 1670. The van der Waals surface area contributed by atoms with E-state index in [0.717, 1.165) is 35.4 Å². The number of hydrogen-bond acceptors (Lipinski definition) is 9.